The van der Waals surface area contributed by atoms with E-state index in [1.54, 1.807) is 24.1 Å². The van der Waals surface area contributed by atoms with Crippen molar-refractivity contribution in [2.45, 2.75) is 13.5 Å². The first-order valence-electron chi connectivity index (χ1n) is 9.16. The average molecular weight is 373 g/mol. The van der Waals surface area contributed by atoms with Crippen LogP contribution in [0, 0.1) is 6.92 Å². The van der Waals surface area contributed by atoms with E-state index in [-0.39, 0.29) is 12.5 Å². The lowest BCUT2D eigenvalue weighted by Gasteiger charge is -2.18. The predicted octanol–water partition coefficient (Wildman–Crippen LogP) is 4.48. The average Bonchev–Trinajstić information content (AvgIpc) is 2.74. The fourth-order valence-electron chi connectivity index (χ4n) is 2.98. The van der Waals surface area contributed by atoms with Crippen LogP contribution in [0.5, 0.6) is 0 Å². The molecular formula is C24H23NO3. The number of ether oxygens (including phenoxy) is 1. The van der Waals surface area contributed by atoms with E-state index in [1.807, 2.05) is 73.7 Å². The zero-order chi connectivity index (χ0) is 19.9. The van der Waals surface area contributed by atoms with E-state index in [0.717, 1.165) is 22.3 Å². The minimum atomic E-state index is -0.503. The Morgan fingerprint density at radius 3 is 2.25 bits per heavy atom. The number of hydrogen-bond donors (Lipinski definition) is 0. The largest absolute Gasteiger partial charge is 0.452 e. The van der Waals surface area contributed by atoms with Gasteiger partial charge in [0.15, 0.2) is 6.61 Å². The minimum Gasteiger partial charge on any atom is -0.452 e. The number of amides is 1. The Morgan fingerprint density at radius 2 is 1.50 bits per heavy atom. The van der Waals surface area contributed by atoms with E-state index in [9.17, 15) is 9.59 Å². The van der Waals surface area contributed by atoms with E-state index in [4.69, 9.17) is 4.74 Å². The lowest BCUT2D eigenvalue weighted by Crippen LogP contribution is -2.31. The third-order valence-electron chi connectivity index (χ3n) is 4.65. The molecule has 0 aliphatic rings. The standard InChI is InChI=1S/C24H23NO3/c1-18-10-6-7-13-20(18)16-25(2)23(26)17-28-24(27)22-15-9-8-14-21(22)19-11-4-3-5-12-19/h3-15H,16-17H2,1-2H3. The van der Waals surface area contributed by atoms with Crippen molar-refractivity contribution in [1.82, 2.24) is 4.90 Å². The Kier molecular flexibility index (Phi) is 6.22. The van der Waals surface area contributed by atoms with Gasteiger partial charge in [0.05, 0.1) is 5.56 Å². The second-order valence-corrected chi connectivity index (χ2v) is 6.66. The van der Waals surface area contributed by atoms with Gasteiger partial charge in [-0.25, -0.2) is 4.79 Å². The number of nitrogens with zero attached hydrogens (tertiary/aromatic N) is 1. The van der Waals surface area contributed by atoms with Gasteiger partial charge < -0.3 is 9.64 Å². The number of carbonyl (C=O) groups is 2. The molecule has 0 spiro atoms. The summed E-state index contributed by atoms with van der Waals surface area (Å²) in [5.74, 6) is -0.745. The van der Waals surface area contributed by atoms with Crippen molar-refractivity contribution < 1.29 is 14.3 Å². The van der Waals surface area contributed by atoms with Crippen LogP contribution in [0.2, 0.25) is 0 Å². The zero-order valence-corrected chi connectivity index (χ0v) is 16.1. The van der Waals surface area contributed by atoms with Crippen LogP contribution in [0.25, 0.3) is 11.1 Å². The van der Waals surface area contributed by atoms with Crippen molar-refractivity contribution in [1.29, 1.82) is 0 Å². The second-order valence-electron chi connectivity index (χ2n) is 6.66. The van der Waals surface area contributed by atoms with Crippen LogP contribution < -0.4 is 0 Å². The molecule has 0 aliphatic heterocycles. The van der Waals surface area contributed by atoms with Gasteiger partial charge in [-0.2, -0.15) is 0 Å². The van der Waals surface area contributed by atoms with E-state index in [0.29, 0.717) is 12.1 Å². The van der Waals surface area contributed by atoms with Gasteiger partial charge in [-0.05, 0) is 35.2 Å². The highest BCUT2D eigenvalue weighted by Gasteiger charge is 2.17. The molecule has 3 rings (SSSR count). The quantitative estimate of drug-likeness (QED) is 0.599. The summed E-state index contributed by atoms with van der Waals surface area (Å²) in [5.41, 5.74) is 4.35. The van der Waals surface area contributed by atoms with Gasteiger partial charge in [0.25, 0.3) is 5.91 Å². The number of esters is 1. The first-order valence-corrected chi connectivity index (χ1v) is 9.16. The second kappa shape index (κ2) is 9.00. The summed E-state index contributed by atoms with van der Waals surface area (Å²) >= 11 is 0. The van der Waals surface area contributed by atoms with Crippen molar-refractivity contribution in [3.8, 4) is 11.1 Å². The Morgan fingerprint density at radius 1 is 0.857 bits per heavy atom. The molecule has 0 aliphatic carbocycles. The first kappa shape index (κ1) is 19.4. The van der Waals surface area contributed by atoms with Crippen molar-refractivity contribution in [2.24, 2.45) is 0 Å². The highest BCUT2D eigenvalue weighted by atomic mass is 16.5. The molecule has 0 bridgehead atoms. The molecular weight excluding hydrogens is 350 g/mol. The fraction of sp³-hybridized carbons (Fsp3) is 0.167. The van der Waals surface area contributed by atoms with E-state index in [1.165, 1.54) is 0 Å². The van der Waals surface area contributed by atoms with E-state index >= 15 is 0 Å². The van der Waals surface area contributed by atoms with E-state index in [2.05, 4.69) is 0 Å². The third kappa shape index (κ3) is 4.65. The van der Waals surface area contributed by atoms with Crippen molar-refractivity contribution in [2.75, 3.05) is 13.7 Å². The maximum atomic E-state index is 12.6. The third-order valence-corrected chi connectivity index (χ3v) is 4.65. The van der Waals surface area contributed by atoms with Crippen molar-refractivity contribution in [3.63, 3.8) is 0 Å². The van der Waals surface area contributed by atoms with Crippen LogP contribution in [0.4, 0.5) is 0 Å². The predicted molar refractivity (Wildman–Crippen MR) is 110 cm³/mol. The molecule has 3 aromatic rings. The minimum absolute atomic E-state index is 0.242. The molecule has 142 valence electrons. The van der Waals surface area contributed by atoms with Crippen LogP contribution in [0.3, 0.4) is 0 Å². The number of benzene rings is 3. The van der Waals surface area contributed by atoms with Gasteiger partial charge in [0, 0.05) is 13.6 Å². The molecule has 0 fully saturated rings. The molecule has 28 heavy (non-hydrogen) atoms. The van der Waals surface area contributed by atoms with Gasteiger partial charge in [0.1, 0.15) is 0 Å². The molecule has 0 saturated carbocycles. The van der Waals surface area contributed by atoms with Crippen LogP contribution >= 0.6 is 0 Å². The van der Waals surface area contributed by atoms with Gasteiger partial charge in [0.2, 0.25) is 0 Å². The summed E-state index contributed by atoms with van der Waals surface area (Å²) in [7, 11) is 1.71. The van der Waals surface area contributed by atoms with Crippen LogP contribution in [0.15, 0.2) is 78.9 Å². The molecule has 0 N–H and O–H groups in total. The van der Waals surface area contributed by atoms with Crippen molar-refractivity contribution >= 4 is 11.9 Å². The number of carbonyl (C=O) groups excluding carboxylic acids is 2. The van der Waals surface area contributed by atoms with Crippen LogP contribution in [0.1, 0.15) is 21.5 Å². The Balaban J connectivity index is 1.64. The zero-order valence-electron chi connectivity index (χ0n) is 16.1. The van der Waals surface area contributed by atoms with Gasteiger partial charge in [-0.15, -0.1) is 0 Å². The van der Waals surface area contributed by atoms with Crippen LogP contribution in [-0.4, -0.2) is 30.4 Å². The molecule has 4 heteroatoms. The summed E-state index contributed by atoms with van der Waals surface area (Å²) in [4.78, 5) is 26.6. The number of likely N-dealkylation sites (N-methyl/N-ethyl adjacent to an activating group) is 1. The Bertz CT molecular complexity index is 966. The number of hydrogen-bond acceptors (Lipinski definition) is 3. The van der Waals surface area contributed by atoms with Gasteiger partial charge in [-0.1, -0.05) is 72.8 Å². The van der Waals surface area contributed by atoms with Gasteiger partial charge in [-0.3, -0.25) is 4.79 Å². The van der Waals surface area contributed by atoms with Crippen LogP contribution in [-0.2, 0) is 16.1 Å². The summed E-state index contributed by atoms with van der Waals surface area (Å²) in [5, 5.41) is 0. The lowest BCUT2D eigenvalue weighted by atomic mass is 10.00. The molecule has 1 amide bonds. The Hall–Kier alpha value is -3.40. The number of rotatable bonds is 6. The summed E-state index contributed by atoms with van der Waals surface area (Å²) < 4.78 is 5.31. The SMILES string of the molecule is Cc1ccccc1CN(C)C(=O)COC(=O)c1ccccc1-c1ccccc1. The topological polar surface area (TPSA) is 46.6 Å². The smallest absolute Gasteiger partial charge is 0.339 e. The molecule has 3 aromatic carbocycles. The number of aryl methyl sites for hydroxylation is 1. The van der Waals surface area contributed by atoms with E-state index < -0.39 is 5.97 Å². The summed E-state index contributed by atoms with van der Waals surface area (Å²) in [6, 6.07) is 24.8. The normalized spacial score (nSPS) is 10.4. The molecule has 0 saturated heterocycles. The summed E-state index contributed by atoms with van der Waals surface area (Å²) in [6.07, 6.45) is 0. The molecule has 4 nitrogen and oxygen atoms in total. The maximum absolute atomic E-state index is 12.6. The summed E-state index contributed by atoms with van der Waals surface area (Å²) in [6.45, 7) is 2.20. The molecule has 0 aromatic heterocycles. The Labute approximate surface area is 165 Å². The fourth-order valence-corrected chi connectivity index (χ4v) is 2.98. The van der Waals surface area contributed by atoms with Gasteiger partial charge >= 0.3 is 5.97 Å². The monoisotopic (exact) mass is 373 g/mol. The highest BCUT2D eigenvalue weighted by molar-refractivity contribution is 5.98. The highest BCUT2D eigenvalue weighted by Crippen LogP contribution is 2.24. The molecule has 0 heterocycles. The molecule has 0 unspecified atom stereocenters. The van der Waals surface area contributed by atoms with Crippen molar-refractivity contribution in [3.05, 3.63) is 95.6 Å². The molecule has 0 atom stereocenters. The lowest BCUT2D eigenvalue weighted by molar-refractivity contribution is -0.133. The first-order chi connectivity index (χ1) is 13.6. The maximum Gasteiger partial charge on any atom is 0.339 e. The molecule has 0 radical (unpaired) electrons.